The Morgan fingerprint density at radius 1 is 0.690 bits per heavy atom. The van der Waals surface area contributed by atoms with E-state index < -0.39 is 54.0 Å². The third-order valence-corrected chi connectivity index (χ3v) is 3.09. The van der Waals surface area contributed by atoms with E-state index in [1.165, 1.54) is 6.92 Å². The predicted molar refractivity (Wildman–Crippen MR) is 100 cm³/mol. The minimum atomic E-state index is -1.08. The molecule has 0 spiro atoms. The molecule has 0 bridgehead atoms. The van der Waals surface area contributed by atoms with Crippen LogP contribution >= 0.6 is 0 Å². The summed E-state index contributed by atoms with van der Waals surface area (Å²) in [6.45, 7) is 1.42. The van der Waals surface area contributed by atoms with E-state index >= 15 is 0 Å². The average Bonchev–Trinajstić information content (AvgIpc) is 2.59. The molecule has 29 heavy (non-hydrogen) atoms. The van der Waals surface area contributed by atoms with Crippen molar-refractivity contribution < 1.29 is 44.4 Å². The van der Waals surface area contributed by atoms with E-state index in [0.717, 1.165) is 0 Å². The maximum Gasteiger partial charge on any atom is 0.320 e. The van der Waals surface area contributed by atoms with E-state index in [1.807, 2.05) is 0 Å². The number of carboxylic acid groups (broad SMARTS) is 4. The lowest BCUT2D eigenvalue weighted by molar-refractivity contribution is -0.139. The molecule has 14 nitrogen and oxygen atoms in total. The molecular formula is C15H31N5O9. The maximum atomic E-state index is 10.2. The molecule has 0 saturated carbocycles. The van der Waals surface area contributed by atoms with Crippen molar-refractivity contribution >= 4 is 29.8 Å². The van der Waals surface area contributed by atoms with Crippen LogP contribution in [-0.2, 0) is 24.0 Å². The number of carbonyl (C=O) groups excluding carboxylic acids is 1. The lowest BCUT2D eigenvalue weighted by Crippen LogP contribution is -2.36. The van der Waals surface area contributed by atoms with Crippen molar-refractivity contribution in [3.63, 3.8) is 0 Å². The van der Waals surface area contributed by atoms with Crippen molar-refractivity contribution in [2.75, 3.05) is 0 Å². The quantitative estimate of drug-likeness (QED) is 0.160. The van der Waals surface area contributed by atoms with Crippen LogP contribution in [-0.4, -0.2) is 74.4 Å². The van der Waals surface area contributed by atoms with E-state index in [4.69, 9.17) is 49.1 Å². The largest absolute Gasteiger partial charge is 0.481 e. The second-order valence-electron chi connectivity index (χ2n) is 5.89. The van der Waals surface area contributed by atoms with Gasteiger partial charge in [-0.05, 0) is 32.6 Å². The third-order valence-electron chi connectivity index (χ3n) is 3.09. The SMILES string of the molecule is C[C@H](N)C(=O)O.NC(=O)[C@H](N)CCC(=O)O.N[C@H](CCC[C@H](N)C(=O)O)C(=O)O. The second-order valence-corrected chi connectivity index (χ2v) is 5.89. The Morgan fingerprint density at radius 2 is 1.03 bits per heavy atom. The first-order valence-corrected chi connectivity index (χ1v) is 8.35. The van der Waals surface area contributed by atoms with Crippen LogP contribution in [0, 0.1) is 0 Å². The van der Waals surface area contributed by atoms with Crippen LogP contribution in [0.1, 0.15) is 39.0 Å². The molecule has 0 heterocycles. The molecule has 0 radical (unpaired) electrons. The normalized spacial score (nSPS) is 13.8. The number of nitrogens with two attached hydrogens (primary N) is 5. The van der Waals surface area contributed by atoms with Crippen molar-refractivity contribution in [1.82, 2.24) is 0 Å². The molecule has 0 aliphatic rings. The van der Waals surface area contributed by atoms with Gasteiger partial charge in [-0.3, -0.25) is 24.0 Å². The Morgan fingerprint density at radius 3 is 1.24 bits per heavy atom. The fourth-order valence-electron chi connectivity index (χ4n) is 1.23. The topological polar surface area (TPSA) is 296 Å². The van der Waals surface area contributed by atoms with E-state index in [0.29, 0.717) is 6.42 Å². The van der Waals surface area contributed by atoms with Gasteiger partial charge < -0.3 is 49.1 Å². The maximum absolute atomic E-state index is 10.2. The van der Waals surface area contributed by atoms with E-state index in [-0.39, 0.29) is 25.7 Å². The number of hydrogen-bond acceptors (Lipinski definition) is 9. The number of amides is 1. The first kappa shape index (κ1) is 30.9. The van der Waals surface area contributed by atoms with Crippen LogP contribution in [0.4, 0.5) is 0 Å². The number of rotatable bonds is 11. The highest BCUT2D eigenvalue weighted by Gasteiger charge is 2.14. The minimum absolute atomic E-state index is 0.102. The zero-order chi connectivity index (χ0) is 23.7. The zero-order valence-corrected chi connectivity index (χ0v) is 16.1. The Kier molecular flexibility index (Phi) is 18.4. The van der Waals surface area contributed by atoms with Gasteiger partial charge in [-0.15, -0.1) is 0 Å². The van der Waals surface area contributed by atoms with Gasteiger partial charge in [0.2, 0.25) is 5.91 Å². The molecule has 14 N–H and O–H groups in total. The van der Waals surface area contributed by atoms with Crippen LogP contribution in [0.25, 0.3) is 0 Å². The van der Waals surface area contributed by atoms with Crippen LogP contribution in [0.5, 0.6) is 0 Å². The summed E-state index contributed by atoms with van der Waals surface area (Å²) in [4.78, 5) is 50.2. The summed E-state index contributed by atoms with van der Waals surface area (Å²) in [7, 11) is 0. The molecule has 0 aromatic rings. The van der Waals surface area contributed by atoms with Crippen LogP contribution in [0.2, 0.25) is 0 Å². The van der Waals surface area contributed by atoms with Gasteiger partial charge in [0.05, 0.1) is 6.04 Å². The molecule has 0 aromatic heterocycles. The molecule has 0 aliphatic heterocycles. The van der Waals surface area contributed by atoms with Gasteiger partial charge in [-0.1, -0.05) is 0 Å². The van der Waals surface area contributed by atoms with Gasteiger partial charge in [-0.2, -0.15) is 0 Å². The van der Waals surface area contributed by atoms with E-state index in [1.54, 1.807) is 0 Å². The monoisotopic (exact) mass is 425 g/mol. The molecule has 0 unspecified atom stereocenters. The summed E-state index contributed by atoms with van der Waals surface area (Å²) >= 11 is 0. The van der Waals surface area contributed by atoms with Crippen molar-refractivity contribution in [2.45, 2.75) is 63.2 Å². The molecule has 0 fully saturated rings. The number of aliphatic carboxylic acids is 4. The highest BCUT2D eigenvalue weighted by Crippen LogP contribution is 2.01. The predicted octanol–water partition coefficient (Wildman–Crippen LogP) is -2.94. The van der Waals surface area contributed by atoms with Gasteiger partial charge in [-0.25, -0.2) is 0 Å². The Hall–Kier alpha value is -2.81. The lowest BCUT2D eigenvalue weighted by Gasteiger charge is -2.07. The Bertz CT molecular complexity index is 522. The molecular weight excluding hydrogens is 394 g/mol. The molecule has 14 heteroatoms. The van der Waals surface area contributed by atoms with Crippen molar-refractivity contribution in [1.29, 1.82) is 0 Å². The fourth-order valence-corrected chi connectivity index (χ4v) is 1.23. The molecule has 0 aliphatic carbocycles. The zero-order valence-electron chi connectivity index (χ0n) is 16.1. The van der Waals surface area contributed by atoms with Crippen molar-refractivity contribution in [2.24, 2.45) is 28.7 Å². The van der Waals surface area contributed by atoms with Crippen LogP contribution in [0.3, 0.4) is 0 Å². The van der Waals surface area contributed by atoms with Crippen molar-refractivity contribution in [3.05, 3.63) is 0 Å². The summed E-state index contributed by atoms with van der Waals surface area (Å²) in [6.07, 6.45) is 0.877. The number of hydrogen-bond donors (Lipinski definition) is 9. The molecule has 0 aromatic carbocycles. The summed E-state index contributed by atoms with van der Waals surface area (Å²) in [6, 6.07) is -3.43. The second kappa shape index (κ2) is 17.3. The highest BCUT2D eigenvalue weighted by atomic mass is 16.4. The molecule has 4 atom stereocenters. The number of primary amides is 1. The number of carboxylic acids is 4. The lowest BCUT2D eigenvalue weighted by atomic mass is 10.1. The van der Waals surface area contributed by atoms with E-state index in [9.17, 15) is 24.0 Å². The smallest absolute Gasteiger partial charge is 0.320 e. The summed E-state index contributed by atoms with van der Waals surface area (Å²) in [5, 5.41) is 32.8. The van der Waals surface area contributed by atoms with Gasteiger partial charge in [0.25, 0.3) is 0 Å². The summed E-state index contributed by atoms with van der Waals surface area (Å²) < 4.78 is 0. The van der Waals surface area contributed by atoms with Gasteiger partial charge >= 0.3 is 23.9 Å². The van der Waals surface area contributed by atoms with Crippen LogP contribution < -0.4 is 28.7 Å². The average molecular weight is 425 g/mol. The first-order chi connectivity index (χ1) is 13.1. The minimum Gasteiger partial charge on any atom is -0.481 e. The molecule has 0 saturated heterocycles. The van der Waals surface area contributed by atoms with Gasteiger partial charge in [0.1, 0.15) is 18.1 Å². The Labute approximate surface area is 167 Å². The van der Waals surface area contributed by atoms with E-state index in [2.05, 4.69) is 0 Å². The summed E-state index contributed by atoms with van der Waals surface area (Å²) in [5.41, 5.74) is 25.1. The number of carbonyl (C=O) groups is 5. The molecule has 170 valence electrons. The van der Waals surface area contributed by atoms with Gasteiger partial charge in [0.15, 0.2) is 0 Å². The van der Waals surface area contributed by atoms with Gasteiger partial charge in [0, 0.05) is 6.42 Å². The first-order valence-electron chi connectivity index (χ1n) is 8.35. The molecule has 1 amide bonds. The standard InChI is InChI=1S/C7H14N2O4.C5H10N2O3.C3H7NO2/c8-4(6(10)11)2-1-3-5(9)7(12)13;6-3(5(7)10)1-2-4(8)9;1-2(4)3(5)6/h4-5H,1-3,8-9H2,(H,10,11)(H,12,13);3H,1-2,6H2,(H2,7,10)(H,8,9);2H,4H2,1H3,(H,5,6)/t4-,5+;3-;2-/m.10/s1. The van der Waals surface area contributed by atoms with Crippen molar-refractivity contribution in [3.8, 4) is 0 Å². The summed E-state index contributed by atoms with van der Waals surface area (Å²) in [5.74, 6) is -4.76. The Balaban J connectivity index is -0.000000375. The molecule has 0 rings (SSSR count). The third kappa shape index (κ3) is 23.2. The highest BCUT2D eigenvalue weighted by molar-refractivity contribution is 5.80. The fraction of sp³-hybridized carbons (Fsp3) is 0.667. The van der Waals surface area contributed by atoms with Crippen LogP contribution in [0.15, 0.2) is 0 Å².